The fraction of sp³-hybridized carbons (Fsp3) is 0.0244. The molecule has 0 bridgehead atoms. The Morgan fingerprint density at radius 2 is 0.512 bits per heavy atom. The van der Waals surface area contributed by atoms with Gasteiger partial charge in [-0.05, 0) is 131 Å². The van der Waals surface area contributed by atoms with Crippen LogP contribution in [0.15, 0.2) is 340 Å². The third kappa shape index (κ3) is 7.30. The first-order valence-corrected chi connectivity index (χ1v) is 29.2. The van der Waals surface area contributed by atoms with Crippen molar-refractivity contribution < 1.29 is 0 Å². The molecule has 394 valence electrons. The van der Waals surface area contributed by atoms with Crippen molar-refractivity contribution in [3.05, 3.63) is 384 Å². The molecule has 0 saturated heterocycles. The Labute approximate surface area is 491 Å². The molecule has 0 amide bonds. The predicted octanol–water partition coefficient (Wildman–Crippen LogP) is 21.3. The second-order valence-corrected chi connectivity index (χ2v) is 22.2. The van der Waals surface area contributed by atoms with Crippen LogP contribution in [0.2, 0.25) is 0 Å². The maximum absolute atomic E-state index is 2.53. The summed E-state index contributed by atoms with van der Waals surface area (Å²) in [6, 6.07) is 126. The van der Waals surface area contributed by atoms with Crippen LogP contribution in [0.25, 0.3) is 54.9 Å². The number of nitrogens with zero attached hydrogens (tertiary/aromatic N) is 2. The van der Waals surface area contributed by atoms with Crippen LogP contribution in [0.4, 0.5) is 34.1 Å². The van der Waals surface area contributed by atoms with Crippen molar-refractivity contribution in [2.75, 3.05) is 9.80 Å². The number of hydrogen-bond acceptors (Lipinski definition) is 2. The van der Waals surface area contributed by atoms with Crippen molar-refractivity contribution in [3.63, 3.8) is 0 Å². The highest BCUT2D eigenvalue weighted by Gasteiger charge is 2.49. The number of para-hydroxylation sites is 6. The van der Waals surface area contributed by atoms with Gasteiger partial charge < -0.3 is 9.80 Å². The zero-order valence-electron chi connectivity index (χ0n) is 46.2. The Bertz CT molecular complexity index is 4390. The van der Waals surface area contributed by atoms with E-state index in [4.69, 9.17) is 0 Å². The standard InChI is InChI=1S/C82H56N2/c1-8-30-57(31-9-1)78-66-46-26-44-64(68-48-28-52-74-79(68)83(62-40-18-6-19-41-62)76-54-24-22-50-72(76)81(74,58-32-10-2-11-33-58)59-34-12-3-13-35-59)70(66)56-71-65(45-27-47-67(71)78)69-49-29-53-75-80(69)84(63-42-20-7-21-43-63)77-55-25-23-51-73(77)82(75,60-36-14-4-15-37-60)61-38-16-5-17-39-61/h1-56H. The van der Waals surface area contributed by atoms with Crippen LogP contribution in [-0.4, -0.2) is 0 Å². The van der Waals surface area contributed by atoms with Gasteiger partial charge in [-0.15, -0.1) is 0 Å². The van der Waals surface area contributed by atoms with E-state index in [0.29, 0.717) is 0 Å². The first-order chi connectivity index (χ1) is 41.7. The van der Waals surface area contributed by atoms with E-state index in [0.717, 1.165) is 56.4 Å². The van der Waals surface area contributed by atoms with Crippen LogP contribution in [-0.2, 0) is 10.8 Å². The van der Waals surface area contributed by atoms with E-state index in [2.05, 4.69) is 350 Å². The zero-order valence-corrected chi connectivity index (χ0v) is 46.2. The molecule has 0 fully saturated rings. The van der Waals surface area contributed by atoms with Gasteiger partial charge in [-0.2, -0.15) is 0 Å². The van der Waals surface area contributed by atoms with Gasteiger partial charge in [0.15, 0.2) is 0 Å². The van der Waals surface area contributed by atoms with Crippen molar-refractivity contribution in [3.8, 4) is 33.4 Å². The van der Waals surface area contributed by atoms with Crippen LogP contribution >= 0.6 is 0 Å². The molecule has 2 heteroatoms. The molecule has 0 aliphatic carbocycles. The molecule has 0 spiro atoms. The number of rotatable bonds is 9. The average Bonchev–Trinajstić information content (AvgIpc) is 0.950. The first-order valence-electron chi connectivity index (χ1n) is 29.2. The van der Waals surface area contributed by atoms with Gasteiger partial charge in [0.25, 0.3) is 0 Å². The summed E-state index contributed by atoms with van der Waals surface area (Å²) in [5.41, 5.74) is 22.3. The molecular formula is C82H56N2. The van der Waals surface area contributed by atoms with E-state index < -0.39 is 10.8 Å². The molecule has 84 heavy (non-hydrogen) atoms. The topological polar surface area (TPSA) is 6.48 Å². The highest BCUT2D eigenvalue weighted by Crippen LogP contribution is 2.63. The Morgan fingerprint density at radius 3 is 0.893 bits per heavy atom. The summed E-state index contributed by atoms with van der Waals surface area (Å²) in [5, 5.41) is 4.75. The third-order valence-corrected chi connectivity index (χ3v) is 18.0. The van der Waals surface area contributed by atoms with Crippen LogP contribution in [0, 0.1) is 0 Å². The van der Waals surface area contributed by atoms with Crippen LogP contribution < -0.4 is 9.80 Å². The van der Waals surface area contributed by atoms with E-state index in [1.165, 1.54) is 77.2 Å². The van der Waals surface area contributed by atoms with Gasteiger partial charge in [-0.25, -0.2) is 0 Å². The first kappa shape index (κ1) is 49.1. The molecule has 0 radical (unpaired) electrons. The summed E-state index contributed by atoms with van der Waals surface area (Å²) in [6.45, 7) is 0. The van der Waals surface area contributed by atoms with Crippen molar-refractivity contribution in [1.82, 2.24) is 0 Å². The summed E-state index contributed by atoms with van der Waals surface area (Å²) in [5.74, 6) is 0. The monoisotopic (exact) mass is 1070 g/mol. The fourth-order valence-corrected chi connectivity index (χ4v) is 14.7. The summed E-state index contributed by atoms with van der Waals surface area (Å²) >= 11 is 0. The minimum absolute atomic E-state index is 0.667. The second-order valence-electron chi connectivity index (χ2n) is 22.2. The number of anilines is 6. The van der Waals surface area contributed by atoms with Crippen molar-refractivity contribution >= 4 is 55.7 Å². The van der Waals surface area contributed by atoms with Crippen LogP contribution in [0.5, 0.6) is 0 Å². The predicted molar refractivity (Wildman–Crippen MR) is 351 cm³/mol. The normalized spacial score (nSPS) is 13.6. The molecule has 0 atom stereocenters. The molecular weight excluding hydrogens is 1010 g/mol. The van der Waals surface area contributed by atoms with E-state index in [1.807, 2.05) is 0 Å². The SMILES string of the molecule is c1ccc(-c2c3cccc(-c4cccc5c4N(c4ccccc4)c4ccccc4C5(c4ccccc4)c4ccccc4)c3cc3c(-c4cccc5c4N(c4ccccc4)c4ccccc4C5(c4ccccc4)c4ccccc4)cccc23)cc1. The van der Waals surface area contributed by atoms with Crippen LogP contribution in [0.3, 0.4) is 0 Å². The minimum Gasteiger partial charge on any atom is -0.309 e. The van der Waals surface area contributed by atoms with E-state index in [9.17, 15) is 0 Å². The maximum atomic E-state index is 2.53. The van der Waals surface area contributed by atoms with Crippen molar-refractivity contribution in [2.45, 2.75) is 10.8 Å². The summed E-state index contributed by atoms with van der Waals surface area (Å²) < 4.78 is 0. The molecule has 14 aromatic carbocycles. The fourth-order valence-electron chi connectivity index (χ4n) is 14.7. The Kier molecular flexibility index (Phi) is 11.7. The molecule has 0 saturated carbocycles. The van der Waals surface area contributed by atoms with Crippen LogP contribution in [0.1, 0.15) is 44.5 Å². The second kappa shape index (κ2) is 20.0. The summed E-state index contributed by atoms with van der Waals surface area (Å²) in [6.07, 6.45) is 0. The number of hydrogen-bond donors (Lipinski definition) is 0. The molecule has 2 aliphatic rings. The van der Waals surface area contributed by atoms with Gasteiger partial charge in [-0.3, -0.25) is 0 Å². The Hall–Kier alpha value is -10.8. The van der Waals surface area contributed by atoms with Gasteiger partial charge in [0, 0.05) is 22.5 Å². The van der Waals surface area contributed by atoms with E-state index >= 15 is 0 Å². The third-order valence-electron chi connectivity index (χ3n) is 18.0. The van der Waals surface area contributed by atoms with Crippen molar-refractivity contribution in [1.29, 1.82) is 0 Å². The molecule has 2 aliphatic heterocycles. The van der Waals surface area contributed by atoms with Crippen molar-refractivity contribution in [2.24, 2.45) is 0 Å². The zero-order chi connectivity index (χ0) is 55.6. The molecule has 0 unspecified atom stereocenters. The van der Waals surface area contributed by atoms with Gasteiger partial charge >= 0.3 is 0 Å². The van der Waals surface area contributed by atoms with Gasteiger partial charge in [0.1, 0.15) is 0 Å². The largest absolute Gasteiger partial charge is 0.309 e. The van der Waals surface area contributed by atoms with Gasteiger partial charge in [0.05, 0.1) is 33.6 Å². The van der Waals surface area contributed by atoms with E-state index in [1.54, 1.807) is 0 Å². The summed E-state index contributed by atoms with van der Waals surface area (Å²) in [4.78, 5) is 5.07. The smallest absolute Gasteiger partial charge is 0.0742 e. The number of benzene rings is 14. The number of fused-ring (bicyclic) bond motifs is 6. The minimum atomic E-state index is -0.667. The lowest BCUT2D eigenvalue weighted by molar-refractivity contribution is 0.731. The molecule has 0 aromatic heterocycles. The molecule has 2 heterocycles. The average molecular weight is 1070 g/mol. The quantitative estimate of drug-likeness (QED) is 0.133. The highest BCUT2D eigenvalue weighted by molar-refractivity contribution is 6.20. The molecule has 14 aromatic rings. The lowest BCUT2D eigenvalue weighted by atomic mass is 9.62. The lowest BCUT2D eigenvalue weighted by Crippen LogP contribution is -2.38. The summed E-state index contributed by atoms with van der Waals surface area (Å²) in [7, 11) is 0. The van der Waals surface area contributed by atoms with Gasteiger partial charge in [-0.1, -0.05) is 297 Å². The Balaban J connectivity index is 1.04. The molecule has 0 N–H and O–H groups in total. The maximum Gasteiger partial charge on any atom is 0.0742 e. The van der Waals surface area contributed by atoms with E-state index in [-0.39, 0.29) is 0 Å². The van der Waals surface area contributed by atoms with Gasteiger partial charge in [0.2, 0.25) is 0 Å². The molecule has 2 nitrogen and oxygen atoms in total. The Morgan fingerprint density at radius 1 is 0.214 bits per heavy atom. The molecule has 16 rings (SSSR count). The highest BCUT2D eigenvalue weighted by atomic mass is 15.2. The lowest BCUT2D eigenvalue weighted by Gasteiger charge is -2.47.